The lowest BCUT2D eigenvalue weighted by Gasteiger charge is -2.10. The molecular formula is C61H59BrF6O2. The van der Waals surface area contributed by atoms with E-state index in [1.54, 1.807) is 24.3 Å². The topological polar surface area (TPSA) is 29.5 Å². The Morgan fingerprint density at radius 1 is 0.386 bits per heavy atom. The fourth-order valence-corrected chi connectivity index (χ4v) is 7.67. The highest BCUT2D eigenvalue weighted by molar-refractivity contribution is 9.10. The Kier molecular flexibility index (Phi) is 21.9. The summed E-state index contributed by atoms with van der Waals surface area (Å²) in [5.41, 5.74) is 10.7. The molecular weight excluding hydrogens is 959 g/mol. The van der Waals surface area contributed by atoms with Crippen LogP contribution in [0.1, 0.15) is 81.2 Å². The van der Waals surface area contributed by atoms with Crippen molar-refractivity contribution in [1.29, 1.82) is 0 Å². The largest absolute Gasteiger partial charge is 0.505 e. The summed E-state index contributed by atoms with van der Waals surface area (Å²) in [5.74, 6) is -5.88. The minimum Gasteiger partial charge on any atom is -0.505 e. The van der Waals surface area contributed by atoms with E-state index in [0.717, 1.165) is 82.9 Å². The maximum Gasteiger partial charge on any atom is 0.194 e. The number of hydrogen-bond acceptors (Lipinski definition) is 2. The molecule has 8 aromatic carbocycles. The molecule has 0 radical (unpaired) electrons. The molecule has 0 aliphatic carbocycles. The van der Waals surface area contributed by atoms with E-state index in [-0.39, 0.29) is 29.5 Å². The Hall–Kier alpha value is -6.58. The zero-order valence-electron chi connectivity index (χ0n) is 40.0. The minimum atomic E-state index is -1.54. The summed E-state index contributed by atoms with van der Waals surface area (Å²) >= 11 is 3.40. The molecule has 0 saturated heterocycles. The third kappa shape index (κ3) is 17.1. The van der Waals surface area contributed by atoms with Gasteiger partial charge in [0.15, 0.2) is 40.6 Å². The van der Waals surface area contributed by atoms with E-state index in [9.17, 15) is 26.3 Å². The van der Waals surface area contributed by atoms with Crippen LogP contribution in [-0.2, 0) is 32.3 Å². The average molecular weight is 1020 g/mol. The standard InChI is InChI=1S/C22H18F4O.C15H15FO.C15H15F.C9H11Br/c1-2-3-14-4-6-16(7-5-14)17-8-9-21(18(23)12-17)27-13-15-10-19(24)22(26)20(25)11-15;1-2-3-11-4-6-12(7-5-11)13-8-9-15(17)14(16)10-13;1-2-4-12-7-9-13(10-8-12)14-5-3-6-15(16)11-14;1-2-3-8-4-6-9(10)7-5-8/h4-12H,2-3,13H2,1H3;4-10,17H,2-3H2,1H3;3,5-11H,2,4H2,1H3;4-7H,2-3H2,1H3. The van der Waals surface area contributed by atoms with Crippen LogP contribution in [0.15, 0.2) is 174 Å². The Bertz CT molecular complexity index is 2810. The van der Waals surface area contributed by atoms with Crippen LogP contribution >= 0.6 is 15.9 Å². The van der Waals surface area contributed by atoms with Crippen molar-refractivity contribution in [2.24, 2.45) is 0 Å². The summed E-state index contributed by atoms with van der Waals surface area (Å²) in [6.07, 6.45) is 8.89. The highest BCUT2D eigenvalue weighted by Crippen LogP contribution is 2.28. The van der Waals surface area contributed by atoms with E-state index in [2.05, 4.69) is 104 Å². The summed E-state index contributed by atoms with van der Waals surface area (Å²) < 4.78 is 86.4. The lowest BCUT2D eigenvalue weighted by molar-refractivity contribution is 0.288. The van der Waals surface area contributed by atoms with Gasteiger partial charge in [-0.15, -0.1) is 0 Å². The first-order valence-electron chi connectivity index (χ1n) is 23.6. The third-order valence-corrected chi connectivity index (χ3v) is 11.6. The number of aryl methyl sites for hydroxylation is 4. The van der Waals surface area contributed by atoms with Gasteiger partial charge < -0.3 is 9.84 Å². The van der Waals surface area contributed by atoms with E-state index < -0.39 is 29.1 Å². The summed E-state index contributed by atoms with van der Waals surface area (Å²) in [6, 6.07) is 50.1. The van der Waals surface area contributed by atoms with E-state index in [1.807, 2.05) is 42.5 Å². The van der Waals surface area contributed by atoms with Crippen molar-refractivity contribution in [3.63, 3.8) is 0 Å². The number of phenols is 1. The predicted octanol–water partition coefficient (Wildman–Crippen LogP) is 18.4. The highest BCUT2D eigenvalue weighted by Gasteiger charge is 2.13. The maximum absolute atomic E-state index is 14.3. The molecule has 0 bridgehead atoms. The van der Waals surface area contributed by atoms with Crippen LogP contribution in [0.4, 0.5) is 26.3 Å². The van der Waals surface area contributed by atoms with Crippen molar-refractivity contribution < 1.29 is 36.2 Å². The quantitative estimate of drug-likeness (QED) is 0.0869. The van der Waals surface area contributed by atoms with Gasteiger partial charge in [-0.3, -0.25) is 0 Å². The minimum absolute atomic E-state index is 0.0495. The van der Waals surface area contributed by atoms with Crippen molar-refractivity contribution in [2.75, 3.05) is 0 Å². The Labute approximate surface area is 417 Å². The lowest BCUT2D eigenvalue weighted by atomic mass is 10.0. The van der Waals surface area contributed by atoms with Crippen molar-refractivity contribution in [3.8, 4) is 44.9 Å². The molecule has 0 aliphatic rings. The second kappa shape index (κ2) is 28.2. The van der Waals surface area contributed by atoms with E-state index in [4.69, 9.17) is 9.84 Å². The smallest absolute Gasteiger partial charge is 0.194 e. The van der Waals surface area contributed by atoms with E-state index in [0.29, 0.717) is 5.56 Å². The van der Waals surface area contributed by atoms with Gasteiger partial charge in [0.1, 0.15) is 12.4 Å². The van der Waals surface area contributed by atoms with Crippen LogP contribution in [-0.4, -0.2) is 5.11 Å². The van der Waals surface area contributed by atoms with Gasteiger partial charge in [-0.05, 0) is 148 Å². The molecule has 8 aromatic rings. The summed E-state index contributed by atoms with van der Waals surface area (Å²) in [7, 11) is 0. The normalized spacial score (nSPS) is 10.5. The highest BCUT2D eigenvalue weighted by atomic mass is 79.9. The molecule has 0 aromatic heterocycles. The van der Waals surface area contributed by atoms with Gasteiger partial charge in [-0.1, -0.05) is 179 Å². The van der Waals surface area contributed by atoms with Gasteiger partial charge in [-0.25, -0.2) is 26.3 Å². The molecule has 0 heterocycles. The molecule has 70 heavy (non-hydrogen) atoms. The SMILES string of the molecule is CCCc1ccc(-c2ccc(O)c(F)c2)cc1.CCCc1ccc(-c2ccc(OCc3cc(F)c(F)c(F)c3)c(F)c2)cc1.CCCc1ccc(-c2cccc(F)c2)cc1.CCCc1ccc(Br)cc1. The third-order valence-electron chi connectivity index (χ3n) is 11.1. The summed E-state index contributed by atoms with van der Waals surface area (Å²) in [6.45, 7) is 8.33. The lowest BCUT2D eigenvalue weighted by Crippen LogP contribution is -2.01. The van der Waals surface area contributed by atoms with Gasteiger partial charge >= 0.3 is 0 Å². The van der Waals surface area contributed by atoms with Gasteiger partial charge in [0.05, 0.1) is 0 Å². The van der Waals surface area contributed by atoms with Crippen LogP contribution in [0.3, 0.4) is 0 Å². The summed E-state index contributed by atoms with van der Waals surface area (Å²) in [4.78, 5) is 0. The van der Waals surface area contributed by atoms with Crippen molar-refractivity contribution in [1.82, 2.24) is 0 Å². The molecule has 0 amide bonds. The number of rotatable bonds is 14. The Morgan fingerprint density at radius 3 is 1.17 bits per heavy atom. The molecule has 8 rings (SSSR count). The number of hydrogen-bond donors (Lipinski definition) is 1. The van der Waals surface area contributed by atoms with Crippen molar-refractivity contribution in [3.05, 3.63) is 237 Å². The number of ether oxygens (including phenoxy) is 1. The maximum atomic E-state index is 14.3. The van der Waals surface area contributed by atoms with Crippen molar-refractivity contribution >= 4 is 15.9 Å². The van der Waals surface area contributed by atoms with E-state index in [1.165, 1.54) is 65.4 Å². The fraction of sp³-hybridized carbons (Fsp3) is 0.213. The van der Waals surface area contributed by atoms with Crippen LogP contribution in [0.25, 0.3) is 33.4 Å². The molecule has 0 atom stereocenters. The first-order valence-corrected chi connectivity index (χ1v) is 24.4. The van der Waals surface area contributed by atoms with Crippen molar-refractivity contribution in [2.45, 2.75) is 85.7 Å². The van der Waals surface area contributed by atoms with Gasteiger partial charge in [0, 0.05) is 4.47 Å². The molecule has 0 fully saturated rings. The predicted molar refractivity (Wildman–Crippen MR) is 278 cm³/mol. The average Bonchev–Trinajstić information content (AvgIpc) is 3.36. The number of halogens is 7. The van der Waals surface area contributed by atoms with Crippen LogP contribution in [0.2, 0.25) is 0 Å². The second-order valence-electron chi connectivity index (χ2n) is 16.7. The molecule has 1 N–H and O–H groups in total. The van der Waals surface area contributed by atoms with Gasteiger partial charge in [-0.2, -0.15) is 0 Å². The second-order valence-corrected chi connectivity index (χ2v) is 17.6. The van der Waals surface area contributed by atoms with Crippen LogP contribution < -0.4 is 4.74 Å². The van der Waals surface area contributed by atoms with Gasteiger partial charge in [0.25, 0.3) is 0 Å². The summed E-state index contributed by atoms with van der Waals surface area (Å²) in [5, 5.41) is 9.13. The first kappa shape index (κ1) is 54.4. The molecule has 0 unspecified atom stereocenters. The van der Waals surface area contributed by atoms with E-state index >= 15 is 0 Å². The molecule has 9 heteroatoms. The Balaban J connectivity index is 0.000000184. The molecule has 364 valence electrons. The molecule has 0 spiro atoms. The monoisotopic (exact) mass is 1020 g/mol. The zero-order chi connectivity index (χ0) is 50.4. The number of phenolic OH excluding ortho intramolecular Hbond substituents is 1. The fourth-order valence-electron chi connectivity index (χ4n) is 7.40. The van der Waals surface area contributed by atoms with Gasteiger partial charge in [0.2, 0.25) is 0 Å². The number of aromatic hydroxyl groups is 1. The molecule has 0 aliphatic heterocycles. The number of benzene rings is 8. The zero-order valence-corrected chi connectivity index (χ0v) is 41.6. The first-order chi connectivity index (χ1) is 33.8. The Morgan fingerprint density at radius 2 is 0.771 bits per heavy atom. The molecule has 0 saturated carbocycles. The van der Waals surface area contributed by atoms with Crippen LogP contribution in [0.5, 0.6) is 11.5 Å². The van der Waals surface area contributed by atoms with Crippen LogP contribution in [0, 0.1) is 34.9 Å². The molecule has 2 nitrogen and oxygen atoms in total.